The van der Waals surface area contributed by atoms with Gasteiger partial charge in [-0.3, -0.25) is 5.32 Å². The van der Waals surface area contributed by atoms with Gasteiger partial charge in [0, 0.05) is 11.6 Å². The first-order valence-corrected chi connectivity index (χ1v) is 9.03. The highest BCUT2D eigenvalue weighted by Crippen LogP contribution is 2.33. The van der Waals surface area contributed by atoms with Gasteiger partial charge in [-0.15, -0.1) is 0 Å². The Morgan fingerprint density at radius 1 is 0.750 bits per heavy atom. The summed E-state index contributed by atoms with van der Waals surface area (Å²) in [5.41, 5.74) is 1.43. The molecule has 0 aromatic heterocycles. The lowest BCUT2D eigenvalue weighted by molar-refractivity contribution is 0.355. The van der Waals surface area contributed by atoms with Gasteiger partial charge in [0.2, 0.25) is 0 Å². The van der Waals surface area contributed by atoms with Gasteiger partial charge in [-0.1, -0.05) is 63.5 Å². The van der Waals surface area contributed by atoms with Crippen LogP contribution in [0.25, 0.3) is 0 Å². The lowest BCUT2D eigenvalue weighted by Gasteiger charge is -2.29. The number of rotatable bonds is 2. The van der Waals surface area contributed by atoms with Crippen molar-refractivity contribution in [1.82, 2.24) is 5.32 Å². The van der Waals surface area contributed by atoms with Crippen molar-refractivity contribution in [1.29, 1.82) is 0 Å². The molecule has 2 saturated carbocycles. The lowest BCUT2D eigenvalue weighted by atomic mass is 9.87. The van der Waals surface area contributed by atoms with Crippen LogP contribution in [-0.4, -0.2) is 6.04 Å². The molecule has 3 aliphatic rings. The van der Waals surface area contributed by atoms with Gasteiger partial charge in [0.15, 0.2) is 0 Å². The molecule has 2 fully saturated rings. The molecule has 3 rings (SSSR count). The summed E-state index contributed by atoms with van der Waals surface area (Å²) in [6.07, 6.45) is 24.0. The SMILES string of the molecule is C1=CC(C2CCCCCC2)[N]C(C2CCCCCC2)=C1. The van der Waals surface area contributed by atoms with Gasteiger partial charge in [0.25, 0.3) is 0 Å². The molecule has 20 heavy (non-hydrogen) atoms. The molecule has 1 nitrogen and oxygen atoms in total. The molecule has 1 atom stereocenters. The quantitative estimate of drug-likeness (QED) is 0.601. The summed E-state index contributed by atoms with van der Waals surface area (Å²) in [6.45, 7) is 0. The van der Waals surface area contributed by atoms with E-state index in [1.807, 2.05) is 0 Å². The minimum absolute atomic E-state index is 0.497. The fourth-order valence-corrected chi connectivity index (χ4v) is 4.26. The second-order valence-electron chi connectivity index (χ2n) is 7.04. The first-order valence-electron chi connectivity index (χ1n) is 9.03. The van der Waals surface area contributed by atoms with Crippen molar-refractivity contribution >= 4 is 0 Å². The molecule has 0 aromatic carbocycles. The van der Waals surface area contributed by atoms with Crippen LogP contribution < -0.4 is 5.32 Å². The maximum Gasteiger partial charge on any atom is 0.0714 e. The van der Waals surface area contributed by atoms with Gasteiger partial charge in [0.1, 0.15) is 0 Å². The topological polar surface area (TPSA) is 14.1 Å². The van der Waals surface area contributed by atoms with E-state index in [4.69, 9.17) is 5.32 Å². The van der Waals surface area contributed by atoms with Crippen LogP contribution in [0.1, 0.15) is 77.0 Å². The summed E-state index contributed by atoms with van der Waals surface area (Å²) < 4.78 is 0. The zero-order chi connectivity index (χ0) is 13.6. The molecule has 1 aliphatic heterocycles. The molecule has 0 bridgehead atoms. The Bertz CT molecular complexity index is 339. The Labute approximate surface area is 124 Å². The van der Waals surface area contributed by atoms with Crippen LogP contribution in [0.5, 0.6) is 0 Å². The average molecular weight is 272 g/mol. The molecule has 0 N–H and O–H groups in total. The van der Waals surface area contributed by atoms with E-state index >= 15 is 0 Å². The molecule has 0 spiro atoms. The summed E-state index contributed by atoms with van der Waals surface area (Å²) in [5.74, 6) is 1.58. The average Bonchev–Trinajstić information content (AvgIpc) is 2.92. The normalized spacial score (nSPS) is 30.2. The molecular weight excluding hydrogens is 242 g/mol. The zero-order valence-electron chi connectivity index (χ0n) is 12.9. The third-order valence-corrected chi connectivity index (χ3v) is 5.53. The predicted molar refractivity (Wildman–Crippen MR) is 85.5 cm³/mol. The van der Waals surface area contributed by atoms with Crippen molar-refractivity contribution in [3.63, 3.8) is 0 Å². The summed E-state index contributed by atoms with van der Waals surface area (Å²) in [4.78, 5) is 0. The van der Waals surface area contributed by atoms with E-state index in [2.05, 4.69) is 18.2 Å². The van der Waals surface area contributed by atoms with Crippen LogP contribution in [-0.2, 0) is 0 Å². The maximum absolute atomic E-state index is 5.19. The van der Waals surface area contributed by atoms with E-state index < -0.39 is 0 Å². The van der Waals surface area contributed by atoms with Gasteiger partial charge < -0.3 is 0 Å². The third-order valence-electron chi connectivity index (χ3n) is 5.53. The Morgan fingerprint density at radius 2 is 1.35 bits per heavy atom. The second-order valence-corrected chi connectivity index (χ2v) is 7.04. The van der Waals surface area contributed by atoms with Crippen molar-refractivity contribution < 1.29 is 0 Å². The Morgan fingerprint density at radius 3 is 2.00 bits per heavy atom. The highest BCUT2D eigenvalue weighted by Gasteiger charge is 2.27. The minimum Gasteiger partial charge on any atom is -0.282 e. The standard InChI is InChI=1S/C19H30N/c1-2-6-11-16(10-5-1)18-14-9-15-19(20-18)17-12-7-3-4-8-13-17/h9,14-18H,1-8,10-13H2. The van der Waals surface area contributed by atoms with Gasteiger partial charge >= 0.3 is 0 Å². The first-order chi connectivity index (χ1) is 9.93. The zero-order valence-corrected chi connectivity index (χ0v) is 12.9. The molecular formula is C19H30N. The summed E-state index contributed by atoms with van der Waals surface area (Å²) in [5, 5.41) is 5.19. The van der Waals surface area contributed by atoms with E-state index in [0.717, 1.165) is 11.8 Å². The molecule has 1 unspecified atom stereocenters. The molecule has 1 radical (unpaired) electrons. The number of hydrogen-bond acceptors (Lipinski definition) is 0. The number of nitrogens with zero attached hydrogens (tertiary/aromatic N) is 1. The van der Waals surface area contributed by atoms with Gasteiger partial charge in [-0.25, -0.2) is 0 Å². The Balaban J connectivity index is 1.60. The fourth-order valence-electron chi connectivity index (χ4n) is 4.26. The van der Waals surface area contributed by atoms with Crippen LogP contribution in [0.2, 0.25) is 0 Å². The molecule has 1 heterocycles. The molecule has 2 aliphatic carbocycles. The smallest absolute Gasteiger partial charge is 0.0714 e. The molecule has 1 heteroatoms. The molecule has 0 saturated heterocycles. The van der Waals surface area contributed by atoms with E-state index in [9.17, 15) is 0 Å². The highest BCUT2D eigenvalue weighted by molar-refractivity contribution is 5.22. The second kappa shape index (κ2) is 7.33. The van der Waals surface area contributed by atoms with Crippen LogP contribution in [0.15, 0.2) is 23.9 Å². The van der Waals surface area contributed by atoms with Crippen molar-refractivity contribution in [3.05, 3.63) is 23.9 Å². The van der Waals surface area contributed by atoms with Crippen LogP contribution >= 0.6 is 0 Å². The van der Waals surface area contributed by atoms with E-state index in [0.29, 0.717) is 6.04 Å². The van der Waals surface area contributed by atoms with Crippen molar-refractivity contribution in [3.8, 4) is 0 Å². The monoisotopic (exact) mass is 272 g/mol. The molecule has 0 amide bonds. The van der Waals surface area contributed by atoms with E-state index in [-0.39, 0.29) is 0 Å². The van der Waals surface area contributed by atoms with Crippen molar-refractivity contribution in [2.45, 2.75) is 83.1 Å². The molecule has 0 aromatic rings. The first kappa shape index (κ1) is 14.2. The summed E-state index contributed by atoms with van der Waals surface area (Å²) in [7, 11) is 0. The van der Waals surface area contributed by atoms with Gasteiger partial charge in [-0.05, 0) is 37.7 Å². The predicted octanol–water partition coefficient (Wildman–Crippen LogP) is 5.35. The maximum atomic E-state index is 5.19. The Hall–Kier alpha value is -0.720. The highest BCUT2D eigenvalue weighted by atomic mass is 14.9. The van der Waals surface area contributed by atoms with Crippen LogP contribution in [0, 0.1) is 11.8 Å². The summed E-state index contributed by atoms with van der Waals surface area (Å²) in [6, 6.07) is 0.497. The van der Waals surface area contributed by atoms with Crippen molar-refractivity contribution in [2.24, 2.45) is 11.8 Å². The lowest BCUT2D eigenvalue weighted by Crippen LogP contribution is -2.32. The van der Waals surface area contributed by atoms with Gasteiger partial charge in [0.05, 0.1) is 6.04 Å². The van der Waals surface area contributed by atoms with E-state index in [1.165, 1.54) is 82.7 Å². The Kier molecular flexibility index (Phi) is 5.22. The number of allylic oxidation sites excluding steroid dienone is 3. The third kappa shape index (κ3) is 3.68. The van der Waals surface area contributed by atoms with Crippen molar-refractivity contribution in [2.75, 3.05) is 0 Å². The molecule has 111 valence electrons. The number of hydrogen-bond donors (Lipinski definition) is 0. The van der Waals surface area contributed by atoms with Gasteiger partial charge in [-0.2, -0.15) is 0 Å². The van der Waals surface area contributed by atoms with Crippen LogP contribution in [0.4, 0.5) is 0 Å². The largest absolute Gasteiger partial charge is 0.282 e. The fraction of sp³-hybridized carbons (Fsp3) is 0.789. The van der Waals surface area contributed by atoms with Crippen LogP contribution in [0.3, 0.4) is 0 Å². The minimum atomic E-state index is 0.497. The summed E-state index contributed by atoms with van der Waals surface area (Å²) >= 11 is 0. The van der Waals surface area contributed by atoms with E-state index in [1.54, 1.807) is 0 Å².